The Morgan fingerprint density at radius 1 is 1.21 bits per heavy atom. The molecule has 0 heterocycles. The molecule has 3 nitrogen and oxygen atoms in total. The van der Waals surface area contributed by atoms with Crippen LogP contribution in [-0.4, -0.2) is 19.1 Å². The van der Waals surface area contributed by atoms with Crippen LogP contribution in [0.2, 0.25) is 0 Å². The van der Waals surface area contributed by atoms with Gasteiger partial charge in [0.15, 0.2) is 0 Å². The number of carbonyl (C=O) groups is 1. The Morgan fingerprint density at radius 3 is 2.58 bits per heavy atom. The molecule has 0 bridgehead atoms. The van der Waals surface area contributed by atoms with Crippen LogP contribution in [0.1, 0.15) is 44.6 Å². The summed E-state index contributed by atoms with van der Waals surface area (Å²) in [6.07, 6.45) is 5.53. The zero-order valence-electron chi connectivity index (χ0n) is 12.0. The third kappa shape index (κ3) is 6.39. The second kappa shape index (κ2) is 9.56. The first-order valence-corrected chi connectivity index (χ1v) is 7.13. The first-order valence-electron chi connectivity index (χ1n) is 7.13. The molecule has 1 N–H and O–H groups in total. The molecule has 3 heteroatoms. The monoisotopic (exact) mass is 263 g/mol. The van der Waals surface area contributed by atoms with Crippen molar-refractivity contribution in [2.75, 3.05) is 7.11 Å². The zero-order valence-corrected chi connectivity index (χ0v) is 12.0. The maximum atomic E-state index is 11.7. The molecule has 0 radical (unpaired) electrons. The first-order chi connectivity index (χ1) is 9.27. The average molecular weight is 263 g/mol. The highest BCUT2D eigenvalue weighted by atomic mass is 16.5. The standard InChI is InChI=1S/C16H25NO2/c1-3-4-5-9-12-15(16(18)19-2)17-13-14-10-7-6-8-11-14/h6-8,10-11,15,17H,3-5,9,12-13H2,1-2H3. The molecule has 1 aromatic carbocycles. The van der Waals surface area contributed by atoms with Gasteiger partial charge in [-0.25, -0.2) is 0 Å². The third-order valence-electron chi connectivity index (χ3n) is 3.23. The summed E-state index contributed by atoms with van der Waals surface area (Å²) in [6, 6.07) is 9.92. The van der Waals surface area contributed by atoms with Crippen LogP contribution in [0.5, 0.6) is 0 Å². The summed E-state index contributed by atoms with van der Waals surface area (Å²) in [5, 5.41) is 3.29. The molecule has 0 aliphatic rings. The molecule has 106 valence electrons. The molecule has 0 aromatic heterocycles. The van der Waals surface area contributed by atoms with Gasteiger partial charge in [-0.3, -0.25) is 4.79 Å². The smallest absolute Gasteiger partial charge is 0.322 e. The van der Waals surface area contributed by atoms with Crippen molar-refractivity contribution in [1.29, 1.82) is 0 Å². The zero-order chi connectivity index (χ0) is 13.9. The van der Waals surface area contributed by atoms with E-state index < -0.39 is 0 Å². The van der Waals surface area contributed by atoms with Crippen LogP contribution >= 0.6 is 0 Å². The highest BCUT2D eigenvalue weighted by molar-refractivity contribution is 5.75. The molecule has 0 aliphatic carbocycles. The van der Waals surface area contributed by atoms with Crippen molar-refractivity contribution in [2.24, 2.45) is 0 Å². The van der Waals surface area contributed by atoms with Gasteiger partial charge in [-0.2, -0.15) is 0 Å². The summed E-state index contributed by atoms with van der Waals surface area (Å²) in [5.74, 6) is -0.160. The minimum absolute atomic E-state index is 0.160. The van der Waals surface area contributed by atoms with Crippen LogP contribution in [0.25, 0.3) is 0 Å². The molecule has 0 aliphatic heterocycles. The van der Waals surface area contributed by atoms with Crippen molar-refractivity contribution < 1.29 is 9.53 Å². The van der Waals surface area contributed by atoms with Crippen molar-refractivity contribution in [1.82, 2.24) is 5.32 Å². The van der Waals surface area contributed by atoms with Crippen molar-refractivity contribution >= 4 is 5.97 Å². The Labute approximate surface area is 116 Å². The van der Waals surface area contributed by atoms with Crippen LogP contribution in [0.3, 0.4) is 0 Å². The van der Waals surface area contributed by atoms with Crippen molar-refractivity contribution in [3.05, 3.63) is 35.9 Å². The van der Waals surface area contributed by atoms with Crippen LogP contribution in [0.15, 0.2) is 30.3 Å². The Morgan fingerprint density at radius 2 is 1.95 bits per heavy atom. The Bertz CT molecular complexity index is 351. The lowest BCUT2D eigenvalue weighted by Gasteiger charge is -2.16. The SMILES string of the molecule is CCCCCCC(NCc1ccccc1)C(=O)OC. The van der Waals surface area contributed by atoms with Crippen LogP contribution in [-0.2, 0) is 16.1 Å². The molecular weight excluding hydrogens is 238 g/mol. The van der Waals surface area contributed by atoms with Gasteiger partial charge in [-0.05, 0) is 12.0 Å². The van der Waals surface area contributed by atoms with Crippen LogP contribution < -0.4 is 5.32 Å². The first kappa shape index (κ1) is 15.7. The third-order valence-corrected chi connectivity index (χ3v) is 3.23. The lowest BCUT2D eigenvalue weighted by atomic mass is 10.1. The summed E-state index contributed by atoms with van der Waals surface area (Å²) in [7, 11) is 1.45. The van der Waals surface area contributed by atoms with Gasteiger partial charge in [-0.1, -0.05) is 62.9 Å². The molecule has 1 atom stereocenters. The summed E-state index contributed by atoms with van der Waals surface area (Å²) >= 11 is 0. The lowest BCUT2D eigenvalue weighted by Crippen LogP contribution is -2.37. The number of hydrogen-bond donors (Lipinski definition) is 1. The van der Waals surface area contributed by atoms with E-state index in [1.54, 1.807) is 0 Å². The van der Waals surface area contributed by atoms with Gasteiger partial charge >= 0.3 is 5.97 Å². The van der Waals surface area contributed by atoms with Crippen molar-refractivity contribution in [2.45, 2.75) is 51.6 Å². The quantitative estimate of drug-likeness (QED) is 0.549. The van der Waals surface area contributed by atoms with Gasteiger partial charge in [0.25, 0.3) is 0 Å². The van der Waals surface area contributed by atoms with E-state index in [2.05, 4.69) is 24.4 Å². The van der Waals surface area contributed by atoms with Crippen LogP contribution in [0.4, 0.5) is 0 Å². The average Bonchev–Trinajstić information content (AvgIpc) is 2.47. The molecule has 0 amide bonds. The summed E-state index contributed by atoms with van der Waals surface area (Å²) in [6.45, 7) is 2.89. The molecule has 0 saturated carbocycles. The number of nitrogens with one attached hydrogen (secondary N) is 1. The highest BCUT2D eigenvalue weighted by Crippen LogP contribution is 2.08. The molecule has 0 fully saturated rings. The van der Waals surface area contributed by atoms with Gasteiger partial charge in [-0.15, -0.1) is 0 Å². The molecule has 19 heavy (non-hydrogen) atoms. The Balaban J connectivity index is 2.39. The maximum absolute atomic E-state index is 11.7. The number of unbranched alkanes of at least 4 members (excludes halogenated alkanes) is 3. The summed E-state index contributed by atoms with van der Waals surface area (Å²) in [5.41, 5.74) is 1.19. The lowest BCUT2D eigenvalue weighted by molar-refractivity contribution is -0.143. The van der Waals surface area contributed by atoms with E-state index in [0.29, 0.717) is 6.54 Å². The van der Waals surface area contributed by atoms with E-state index >= 15 is 0 Å². The van der Waals surface area contributed by atoms with Gasteiger partial charge in [0, 0.05) is 6.54 Å². The second-order valence-corrected chi connectivity index (χ2v) is 4.79. The van der Waals surface area contributed by atoms with E-state index in [9.17, 15) is 4.79 Å². The molecular formula is C16H25NO2. The van der Waals surface area contributed by atoms with Gasteiger partial charge < -0.3 is 10.1 Å². The fourth-order valence-electron chi connectivity index (χ4n) is 2.06. The van der Waals surface area contributed by atoms with E-state index in [-0.39, 0.29) is 12.0 Å². The molecule has 1 rings (SSSR count). The van der Waals surface area contributed by atoms with Crippen molar-refractivity contribution in [3.8, 4) is 0 Å². The topological polar surface area (TPSA) is 38.3 Å². The molecule has 1 unspecified atom stereocenters. The van der Waals surface area contributed by atoms with Crippen molar-refractivity contribution in [3.63, 3.8) is 0 Å². The van der Waals surface area contributed by atoms with Crippen LogP contribution in [0, 0.1) is 0 Å². The predicted octanol–water partition coefficient (Wildman–Crippen LogP) is 3.29. The molecule has 1 aromatic rings. The highest BCUT2D eigenvalue weighted by Gasteiger charge is 2.17. The minimum atomic E-state index is -0.193. The maximum Gasteiger partial charge on any atom is 0.322 e. The number of hydrogen-bond acceptors (Lipinski definition) is 3. The number of ether oxygens (including phenoxy) is 1. The summed E-state index contributed by atoms with van der Waals surface area (Å²) < 4.78 is 4.86. The normalized spacial score (nSPS) is 12.1. The fourth-order valence-corrected chi connectivity index (χ4v) is 2.06. The van der Waals surface area contributed by atoms with Gasteiger partial charge in [0.05, 0.1) is 7.11 Å². The Kier molecular flexibility index (Phi) is 7.91. The fraction of sp³-hybridized carbons (Fsp3) is 0.562. The number of benzene rings is 1. The van der Waals surface area contributed by atoms with Gasteiger partial charge in [0.1, 0.15) is 6.04 Å². The van der Waals surface area contributed by atoms with E-state index in [0.717, 1.165) is 12.8 Å². The molecule has 0 saturated heterocycles. The van der Waals surface area contributed by atoms with E-state index in [4.69, 9.17) is 4.74 Å². The predicted molar refractivity (Wildman–Crippen MR) is 77.8 cm³/mol. The number of esters is 1. The minimum Gasteiger partial charge on any atom is -0.468 e. The summed E-state index contributed by atoms with van der Waals surface area (Å²) in [4.78, 5) is 11.7. The van der Waals surface area contributed by atoms with E-state index in [1.807, 2.05) is 18.2 Å². The number of carbonyl (C=O) groups excluding carboxylic acids is 1. The van der Waals surface area contributed by atoms with Gasteiger partial charge in [0.2, 0.25) is 0 Å². The largest absolute Gasteiger partial charge is 0.468 e. The van der Waals surface area contributed by atoms with E-state index in [1.165, 1.54) is 31.9 Å². The number of methoxy groups -OCH3 is 1. The Hall–Kier alpha value is -1.35. The number of rotatable bonds is 9. The second-order valence-electron chi connectivity index (χ2n) is 4.79. The molecule has 0 spiro atoms.